The van der Waals surface area contributed by atoms with Crippen molar-refractivity contribution >= 4 is 44.9 Å². The summed E-state index contributed by atoms with van der Waals surface area (Å²) in [4.78, 5) is 27.5. The van der Waals surface area contributed by atoms with E-state index in [9.17, 15) is 9.90 Å². The van der Waals surface area contributed by atoms with Crippen LogP contribution in [0, 0.1) is 6.92 Å². The van der Waals surface area contributed by atoms with Crippen LogP contribution in [0.5, 0.6) is 5.75 Å². The van der Waals surface area contributed by atoms with Crippen LogP contribution >= 0.6 is 22.9 Å². The summed E-state index contributed by atoms with van der Waals surface area (Å²) in [6, 6.07) is 15.3. The number of esters is 1. The number of thiazole rings is 1. The first-order valence-electron chi connectivity index (χ1n) is 14.6. The van der Waals surface area contributed by atoms with Gasteiger partial charge < -0.3 is 24.6 Å². The lowest BCUT2D eigenvalue weighted by Gasteiger charge is -2.29. The number of hydrogen-bond acceptors (Lipinski definition) is 10. The summed E-state index contributed by atoms with van der Waals surface area (Å²) < 4.78 is 18.5. The molecule has 0 fully saturated rings. The first-order valence-corrected chi connectivity index (χ1v) is 15.8. The summed E-state index contributed by atoms with van der Waals surface area (Å²) in [5.74, 6) is 0.590. The predicted octanol–water partition coefficient (Wildman–Crippen LogP) is 7.59. The summed E-state index contributed by atoms with van der Waals surface area (Å²) in [7, 11) is 0. The molecule has 4 heterocycles. The molecule has 2 aromatic carbocycles. The zero-order valence-electron chi connectivity index (χ0n) is 25.6. The van der Waals surface area contributed by atoms with E-state index >= 15 is 0 Å². The van der Waals surface area contributed by atoms with Gasteiger partial charge >= 0.3 is 5.97 Å². The van der Waals surface area contributed by atoms with Crippen LogP contribution in [0.4, 0.5) is 5.82 Å². The minimum absolute atomic E-state index is 0.131. The Kier molecular flexibility index (Phi) is 8.49. The Hall–Kier alpha value is -4.09. The minimum Gasteiger partial charge on any atom is -0.485 e. The topological polar surface area (TPSA) is 116 Å². The first-order chi connectivity index (χ1) is 21.5. The molecule has 0 amide bonds. The van der Waals surface area contributed by atoms with Crippen LogP contribution in [-0.4, -0.2) is 51.1 Å². The molecule has 1 aliphatic heterocycles. The fourth-order valence-corrected chi connectivity index (χ4v) is 6.51. The molecule has 0 saturated carbocycles. The van der Waals surface area contributed by atoms with E-state index in [2.05, 4.69) is 15.3 Å². The Balaban J connectivity index is 1.50. The van der Waals surface area contributed by atoms with Gasteiger partial charge in [0.1, 0.15) is 11.6 Å². The Morgan fingerprint density at radius 2 is 1.91 bits per heavy atom. The second kappa shape index (κ2) is 12.4. The van der Waals surface area contributed by atoms with Crippen molar-refractivity contribution in [3.8, 4) is 38.7 Å². The molecule has 9 nitrogen and oxygen atoms in total. The summed E-state index contributed by atoms with van der Waals surface area (Å²) in [6.07, 6.45) is 1.68. The largest absolute Gasteiger partial charge is 0.485 e. The average molecular weight is 645 g/mol. The molecule has 232 valence electrons. The first kappa shape index (κ1) is 30.9. The molecule has 6 rings (SSSR count). The quantitative estimate of drug-likeness (QED) is 0.173. The standard InChI is InChI=1S/C34H33ClN4O5S/c1-6-42-33(41)29(44-34(3,4)5)27-18(2)13-24-30(28(27)19-7-9-22(35)10-8-19)45-32(38-24)20-11-12-36-23(14-20)21-15-25-31(37-16-21)39-26(40)17-43-25/h7-16,26,29,40H,6,17H2,1-5H3,(H,37,39). The molecular weight excluding hydrogens is 612 g/mol. The number of benzene rings is 2. The van der Waals surface area contributed by atoms with Crippen molar-refractivity contribution in [1.29, 1.82) is 0 Å². The number of nitrogens with one attached hydrogen (secondary N) is 1. The highest BCUT2D eigenvalue weighted by atomic mass is 35.5. The molecule has 2 N–H and O–H groups in total. The number of aliphatic hydroxyl groups excluding tert-OH is 1. The number of halogens is 1. The molecule has 11 heteroatoms. The normalized spacial score (nSPS) is 15.2. The van der Waals surface area contributed by atoms with E-state index in [0.717, 1.165) is 48.6 Å². The second-order valence-electron chi connectivity index (χ2n) is 11.7. The highest BCUT2D eigenvalue weighted by Crippen LogP contribution is 2.45. The summed E-state index contributed by atoms with van der Waals surface area (Å²) >= 11 is 7.81. The number of hydrogen-bond donors (Lipinski definition) is 2. The van der Waals surface area contributed by atoms with Gasteiger partial charge in [-0.3, -0.25) is 4.98 Å². The molecular formula is C34H33ClN4O5S. The number of fused-ring (bicyclic) bond motifs is 2. The average Bonchev–Trinajstić information content (AvgIpc) is 3.43. The molecule has 45 heavy (non-hydrogen) atoms. The van der Waals surface area contributed by atoms with Gasteiger partial charge in [0.05, 0.1) is 28.1 Å². The van der Waals surface area contributed by atoms with Crippen LogP contribution in [0.2, 0.25) is 5.02 Å². The van der Waals surface area contributed by atoms with Crippen LogP contribution in [0.15, 0.2) is 60.9 Å². The van der Waals surface area contributed by atoms with Crippen LogP contribution in [-0.2, 0) is 14.3 Å². The highest BCUT2D eigenvalue weighted by Gasteiger charge is 2.33. The third kappa shape index (κ3) is 6.50. The third-order valence-electron chi connectivity index (χ3n) is 7.15. The number of pyridine rings is 2. The molecule has 1 aliphatic rings. The zero-order chi connectivity index (χ0) is 31.9. The maximum atomic E-state index is 13.4. The van der Waals surface area contributed by atoms with Gasteiger partial charge in [-0.05, 0) is 82.1 Å². The Morgan fingerprint density at radius 3 is 2.64 bits per heavy atom. The van der Waals surface area contributed by atoms with Crippen LogP contribution in [0.1, 0.15) is 44.9 Å². The van der Waals surface area contributed by atoms with Gasteiger partial charge in [0.15, 0.2) is 23.9 Å². The second-order valence-corrected chi connectivity index (χ2v) is 13.1. The monoisotopic (exact) mass is 644 g/mol. The van der Waals surface area contributed by atoms with Crippen LogP contribution in [0.3, 0.4) is 0 Å². The smallest absolute Gasteiger partial charge is 0.339 e. The van der Waals surface area contributed by atoms with Crippen molar-refractivity contribution < 1.29 is 24.1 Å². The number of carbonyl (C=O) groups is 1. The van der Waals surface area contributed by atoms with Gasteiger partial charge in [0, 0.05) is 39.7 Å². The maximum absolute atomic E-state index is 13.4. The van der Waals surface area contributed by atoms with E-state index in [-0.39, 0.29) is 13.2 Å². The Labute approximate surface area is 270 Å². The number of ether oxygens (including phenoxy) is 3. The zero-order valence-corrected chi connectivity index (χ0v) is 27.1. The lowest BCUT2D eigenvalue weighted by Crippen LogP contribution is -2.31. The predicted molar refractivity (Wildman–Crippen MR) is 177 cm³/mol. The molecule has 2 atom stereocenters. The van der Waals surface area contributed by atoms with Gasteiger partial charge in [-0.2, -0.15) is 0 Å². The van der Waals surface area contributed by atoms with Gasteiger partial charge in [0.25, 0.3) is 0 Å². The Morgan fingerprint density at radius 1 is 1.13 bits per heavy atom. The van der Waals surface area contributed by atoms with Crippen molar-refractivity contribution in [3.05, 3.63) is 77.1 Å². The van der Waals surface area contributed by atoms with E-state index in [0.29, 0.717) is 22.3 Å². The number of carbonyl (C=O) groups excluding carboxylic acids is 1. The molecule has 2 unspecified atom stereocenters. The van der Waals surface area contributed by atoms with Crippen molar-refractivity contribution in [2.24, 2.45) is 0 Å². The fraction of sp³-hybridized carbons (Fsp3) is 0.294. The van der Waals surface area contributed by atoms with Crippen LogP contribution in [0.25, 0.3) is 43.2 Å². The molecule has 0 radical (unpaired) electrons. The van der Waals surface area contributed by atoms with E-state index in [1.165, 1.54) is 11.3 Å². The van der Waals surface area contributed by atoms with E-state index in [1.807, 2.05) is 76.2 Å². The van der Waals surface area contributed by atoms with E-state index < -0.39 is 23.9 Å². The van der Waals surface area contributed by atoms with Crippen molar-refractivity contribution in [2.75, 3.05) is 18.5 Å². The number of nitrogens with zero attached hydrogens (tertiary/aromatic N) is 3. The third-order valence-corrected chi connectivity index (χ3v) is 8.54. The number of rotatable bonds is 7. The molecule has 5 aromatic rings. The minimum atomic E-state index is -0.951. The highest BCUT2D eigenvalue weighted by molar-refractivity contribution is 7.22. The lowest BCUT2D eigenvalue weighted by atomic mass is 9.91. The summed E-state index contributed by atoms with van der Waals surface area (Å²) in [5, 5.41) is 14.1. The molecule has 0 saturated heterocycles. The molecule has 0 spiro atoms. The maximum Gasteiger partial charge on any atom is 0.339 e. The van der Waals surface area contributed by atoms with E-state index in [4.69, 9.17) is 30.8 Å². The molecule has 0 aliphatic carbocycles. The van der Waals surface area contributed by atoms with Crippen molar-refractivity contribution in [2.45, 2.75) is 52.6 Å². The van der Waals surface area contributed by atoms with Gasteiger partial charge in [-0.1, -0.05) is 23.7 Å². The van der Waals surface area contributed by atoms with Gasteiger partial charge in [0.2, 0.25) is 0 Å². The van der Waals surface area contributed by atoms with Crippen molar-refractivity contribution in [3.63, 3.8) is 0 Å². The number of aryl methyl sites for hydroxylation is 1. The van der Waals surface area contributed by atoms with Gasteiger partial charge in [-0.25, -0.2) is 14.8 Å². The number of aliphatic hydroxyl groups is 1. The number of aromatic nitrogens is 3. The van der Waals surface area contributed by atoms with Crippen molar-refractivity contribution in [1.82, 2.24) is 15.0 Å². The lowest BCUT2D eigenvalue weighted by molar-refractivity contribution is -0.166. The molecule has 0 bridgehead atoms. The SMILES string of the molecule is CCOC(=O)C(OC(C)(C)C)c1c(C)cc2nc(-c3ccnc(-c4cnc5c(c4)OCC(O)N5)c3)sc2c1-c1ccc(Cl)cc1. The Bertz CT molecular complexity index is 1890. The molecule has 3 aromatic heterocycles. The van der Waals surface area contributed by atoms with E-state index in [1.54, 1.807) is 19.3 Å². The summed E-state index contributed by atoms with van der Waals surface area (Å²) in [6.45, 7) is 9.89. The fourth-order valence-electron chi connectivity index (χ4n) is 5.26. The number of anilines is 1. The summed E-state index contributed by atoms with van der Waals surface area (Å²) in [5.41, 5.74) is 5.87. The van der Waals surface area contributed by atoms with Crippen LogP contribution < -0.4 is 10.1 Å². The van der Waals surface area contributed by atoms with Gasteiger partial charge in [-0.15, -0.1) is 11.3 Å².